The van der Waals surface area contributed by atoms with Crippen LogP contribution in [0.2, 0.25) is 0 Å². The molecule has 1 atom stereocenters. The largest absolute Gasteiger partial charge is 0.496 e. The van der Waals surface area contributed by atoms with Crippen molar-refractivity contribution in [2.75, 3.05) is 20.4 Å². The van der Waals surface area contributed by atoms with Crippen LogP contribution in [0.25, 0.3) is 0 Å². The molecule has 3 nitrogen and oxygen atoms in total. The Bertz CT molecular complexity index is 357. The average molecular weight is 221 g/mol. The summed E-state index contributed by atoms with van der Waals surface area (Å²) in [4.78, 5) is 0. The van der Waals surface area contributed by atoms with Crippen LogP contribution in [0.5, 0.6) is 5.75 Å². The quantitative estimate of drug-likeness (QED) is 0.850. The lowest BCUT2D eigenvalue weighted by Crippen LogP contribution is -2.09. The standard InChI is InChI=1S/C13H19NO2/c1-9(2)10-4-5-12(15-3)11(6-10)13-7-14-8-16-13/h4-6,9,13-14H,7-8H2,1-3H3. The second-order valence-corrected chi connectivity index (χ2v) is 4.41. The molecular weight excluding hydrogens is 202 g/mol. The maximum absolute atomic E-state index is 5.63. The molecule has 16 heavy (non-hydrogen) atoms. The summed E-state index contributed by atoms with van der Waals surface area (Å²) >= 11 is 0. The zero-order valence-electron chi connectivity index (χ0n) is 10.1. The average Bonchev–Trinajstić information content (AvgIpc) is 2.81. The highest BCUT2D eigenvalue weighted by atomic mass is 16.5. The molecule has 0 amide bonds. The molecule has 0 spiro atoms. The number of rotatable bonds is 3. The van der Waals surface area contributed by atoms with Crippen LogP contribution in [0.4, 0.5) is 0 Å². The van der Waals surface area contributed by atoms with Crippen molar-refractivity contribution in [3.05, 3.63) is 29.3 Å². The smallest absolute Gasteiger partial charge is 0.124 e. The van der Waals surface area contributed by atoms with Crippen LogP contribution in [-0.4, -0.2) is 20.4 Å². The van der Waals surface area contributed by atoms with E-state index < -0.39 is 0 Å². The van der Waals surface area contributed by atoms with Crippen molar-refractivity contribution in [3.63, 3.8) is 0 Å². The van der Waals surface area contributed by atoms with Gasteiger partial charge in [0.15, 0.2) is 0 Å². The highest BCUT2D eigenvalue weighted by molar-refractivity contribution is 5.40. The molecule has 0 radical (unpaired) electrons. The van der Waals surface area contributed by atoms with Crippen molar-refractivity contribution < 1.29 is 9.47 Å². The molecule has 1 aromatic carbocycles. The lowest BCUT2D eigenvalue weighted by molar-refractivity contribution is 0.112. The Morgan fingerprint density at radius 2 is 2.25 bits per heavy atom. The van der Waals surface area contributed by atoms with E-state index in [0.29, 0.717) is 12.6 Å². The number of methoxy groups -OCH3 is 1. The van der Waals surface area contributed by atoms with E-state index in [1.54, 1.807) is 7.11 Å². The molecule has 0 saturated carbocycles. The fraction of sp³-hybridized carbons (Fsp3) is 0.538. The predicted molar refractivity (Wildman–Crippen MR) is 63.8 cm³/mol. The van der Waals surface area contributed by atoms with Crippen LogP contribution in [0, 0.1) is 0 Å². The van der Waals surface area contributed by atoms with Crippen molar-refractivity contribution in [1.29, 1.82) is 0 Å². The summed E-state index contributed by atoms with van der Waals surface area (Å²) in [6.45, 7) is 5.87. The Kier molecular flexibility index (Phi) is 3.46. The van der Waals surface area contributed by atoms with Gasteiger partial charge >= 0.3 is 0 Å². The first-order valence-electron chi connectivity index (χ1n) is 5.72. The summed E-state index contributed by atoms with van der Waals surface area (Å²) in [6.07, 6.45) is 0.119. The minimum atomic E-state index is 0.119. The van der Waals surface area contributed by atoms with Crippen LogP contribution < -0.4 is 10.1 Å². The normalized spacial score (nSPS) is 20.4. The first kappa shape index (κ1) is 11.4. The summed E-state index contributed by atoms with van der Waals surface area (Å²) in [5.41, 5.74) is 2.48. The Morgan fingerprint density at radius 1 is 1.44 bits per heavy atom. The third-order valence-corrected chi connectivity index (χ3v) is 2.98. The van der Waals surface area contributed by atoms with E-state index >= 15 is 0 Å². The van der Waals surface area contributed by atoms with Crippen molar-refractivity contribution in [2.24, 2.45) is 0 Å². The van der Waals surface area contributed by atoms with E-state index in [9.17, 15) is 0 Å². The van der Waals surface area contributed by atoms with Gasteiger partial charge in [0.2, 0.25) is 0 Å². The van der Waals surface area contributed by atoms with E-state index in [1.807, 2.05) is 6.07 Å². The number of ether oxygens (including phenoxy) is 2. The topological polar surface area (TPSA) is 30.5 Å². The van der Waals surface area contributed by atoms with Crippen LogP contribution in [0.1, 0.15) is 37.0 Å². The van der Waals surface area contributed by atoms with Gasteiger partial charge in [0.05, 0.1) is 13.8 Å². The zero-order valence-corrected chi connectivity index (χ0v) is 10.1. The summed E-state index contributed by atoms with van der Waals surface area (Å²) in [7, 11) is 1.70. The fourth-order valence-electron chi connectivity index (χ4n) is 1.97. The number of nitrogens with one attached hydrogen (secondary N) is 1. The summed E-state index contributed by atoms with van der Waals surface area (Å²) in [5.74, 6) is 1.44. The molecule has 1 fully saturated rings. The molecule has 1 N–H and O–H groups in total. The highest BCUT2D eigenvalue weighted by Crippen LogP contribution is 2.31. The van der Waals surface area contributed by atoms with Crippen LogP contribution in [0.15, 0.2) is 18.2 Å². The maximum atomic E-state index is 5.63. The maximum Gasteiger partial charge on any atom is 0.124 e. The molecule has 1 aliphatic heterocycles. The molecule has 1 aliphatic rings. The molecule has 1 unspecified atom stereocenters. The van der Waals surface area contributed by atoms with E-state index in [4.69, 9.17) is 9.47 Å². The van der Waals surface area contributed by atoms with Crippen LogP contribution in [0.3, 0.4) is 0 Å². The Balaban J connectivity index is 2.34. The van der Waals surface area contributed by atoms with Crippen molar-refractivity contribution >= 4 is 0 Å². The van der Waals surface area contributed by atoms with Gasteiger partial charge in [0.1, 0.15) is 11.9 Å². The van der Waals surface area contributed by atoms with Crippen LogP contribution >= 0.6 is 0 Å². The molecule has 0 aliphatic carbocycles. The van der Waals surface area contributed by atoms with Crippen molar-refractivity contribution in [3.8, 4) is 5.75 Å². The molecule has 3 heteroatoms. The Labute approximate surface area is 96.8 Å². The summed E-state index contributed by atoms with van der Waals surface area (Å²) in [6, 6.07) is 6.35. The Hall–Kier alpha value is -1.06. The van der Waals surface area contributed by atoms with Crippen molar-refractivity contribution in [1.82, 2.24) is 5.32 Å². The van der Waals surface area contributed by atoms with Crippen LogP contribution in [-0.2, 0) is 4.74 Å². The monoisotopic (exact) mass is 221 g/mol. The fourth-order valence-corrected chi connectivity index (χ4v) is 1.97. The van der Waals surface area contributed by atoms with Gasteiger partial charge in [0, 0.05) is 12.1 Å². The summed E-state index contributed by atoms with van der Waals surface area (Å²) in [5, 5.41) is 3.19. The molecule has 0 bridgehead atoms. The van der Waals surface area contributed by atoms with E-state index in [0.717, 1.165) is 17.9 Å². The second-order valence-electron chi connectivity index (χ2n) is 4.41. The number of hydrogen-bond acceptors (Lipinski definition) is 3. The van der Waals surface area contributed by atoms with Gasteiger partial charge in [-0.2, -0.15) is 0 Å². The molecule has 1 saturated heterocycles. The van der Waals surface area contributed by atoms with Gasteiger partial charge in [-0.25, -0.2) is 0 Å². The first-order chi connectivity index (χ1) is 7.72. The molecular formula is C13H19NO2. The lowest BCUT2D eigenvalue weighted by atomic mass is 9.98. The van der Waals surface area contributed by atoms with Gasteiger partial charge < -0.3 is 9.47 Å². The first-order valence-corrected chi connectivity index (χ1v) is 5.72. The Morgan fingerprint density at radius 3 is 2.81 bits per heavy atom. The molecule has 0 aromatic heterocycles. The van der Waals surface area contributed by atoms with Gasteiger partial charge in [-0.15, -0.1) is 0 Å². The van der Waals surface area contributed by atoms with Gasteiger partial charge in [0.25, 0.3) is 0 Å². The molecule has 1 heterocycles. The third kappa shape index (κ3) is 2.20. The third-order valence-electron chi connectivity index (χ3n) is 2.98. The zero-order chi connectivity index (χ0) is 11.5. The van der Waals surface area contributed by atoms with E-state index in [-0.39, 0.29) is 6.10 Å². The molecule has 88 valence electrons. The van der Waals surface area contributed by atoms with Gasteiger partial charge in [-0.1, -0.05) is 19.9 Å². The minimum Gasteiger partial charge on any atom is -0.496 e. The lowest BCUT2D eigenvalue weighted by Gasteiger charge is -2.16. The van der Waals surface area contributed by atoms with E-state index in [2.05, 4.69) is 31.3 Å². The minimum absolute atomic E-state index is 0.119. The number of hydrogen-bond donors (Lipinski definition) is 1. The highest BCUT2D eigenvalue weighted by Gasteiger charge is 2.21. The van der Waals surface area contributed by atoms with Crippen molar-refractivity contribution in [2.45, 2.75) is 25.9 Å². The second kappa shape index (κ2) is 4.85. The van der Waals surface area contributed by atoms with Gasteiger partial charge in [-0.05, 0) is 23.6 Å². The van der Waals surface area contributed by atoms with E-state index in [1.165, 1.54) is 5.56 Å². The summed E-state index contributed by atoms with van der Waals surface area (Å²) < 4.78 is 11.0. The SMILES string of the molecule is COc1ccc(C(C)C)cc1C1CNCO1. The molecule has 2 rings (SSSR count). The molecule has 1 aromatic rings. The van der Waals surface area contributed by atoms with Gasteiger partial charge in [-0.3, -0.25) is 5.32 Å². The number of benzene rings is 1. The predicted octanol–water partition coefficient (Wildman–Crippen LogP) is 2.44.